The summed E-state index contributed by atoms with van der Waals surface area (Å²) < 4.78 is 104. The van der Waals surface area contributed by atoms with Crippen molar-refractivity contribution in [3.05, 3.63) is 49.1 Å². The van der Waals surface area contributed by atoms with Gasteiger partial charge < -0.3 is 163 Å². The van der Waals surface area contributed by atoms with Crippen LogP contribution in [0, 0.1) is 22.2 Å². The predicted molar refractivity (Wildman–Crippen MR) is 538 cm³/mol. The lowest BCUT2D eigenvalue weighted by Crippen LogP contribution is -2.74. The third kappa shape index (κ3) is 33.1. The van der Waals surface area contributed by atoms with Gasteiger partial charge in [-0.25, -0.2) is 19.2 Å². The molecule has 5 fully saturated rings. The van der Waals surface area contributed by atoms with Gasteiger partial charge >= 0.3 is 29.8 Å². The van der Waals surface area contributed by atoms with Gasteiger partial charge in [0.05, 0.1) is 73.6 Å². The Morgan fingerprint density at radius 1 is 0.524 bits per heavy atom. The zero-order valence-corrected chi connectivity index (χ0v) is 91.2. The SMILES string of the molecule is C=CC(=O)OCC(O)COC(=O)C1O[C@@H](C(CC)(CCCC)C(CCC)(OC2C(NC(C)=O)[C@H](O[C@H]3C(C(=O)OCC(O)COC(=O)CCSc4ccc(S)cc4)O[C@@H](C(C)(CC)CC(=C)C)C(O)C3O)OC(CO)[C@H]2O)C(C)C)C(O)C(O)[C@H]1O[C@@H]1OC(CO)[C@@H](O)C(OC(CCC)(CCC)C(CCC)(CCCC)[C@@H]2OC(C(=O)O)[C@H](O[C@H](OC(C)CO)C(NC(C)=O)[C@@H](C)OC(C)(C)CCC)C(O)C2O)C1NC(C)=O. The zero-order valence-electron chi connectivity index (χ0n) is 89.5. The monoisotopic (exact) mass is 2140 g/mol. The lowest BCUT2D eigenvalue weighted by atomic mass is 9.56. The van der Waals surface area contributed by atoms with Gasteiger partial charge in [-0.2, -0.15) is 0 Å². The summed E-state index contributed by atoms with van der Waals surface area (Å²) in [5.41, 5.74) is -8.50. The molecule has 35 atom stereocenters. The summed E-state index contributed by atoms with van der Waals surface area (Å²) in [6.07, 6.45) is -49.4. The molecule has 5 saturated heterocycles. The second-order valence-electron chi connectivity index (χ2n) is 41.4. The Balaban J connectivity index is 1.54. The number of carboxylic acids is 1. The number of thiol groups is 1. The van der Waals surface area contributed by atoms with E-state index in [0.717, 1.165) is 29.7 Å². The lowest BCUT2D eigenvalue weighted by Gasteiger charge is -2.61. The predicted octanol–water partition coefficient (Wildman–Crippen LogP) is 5.87. The molecule has 6 rings (SSSR count). The van der Waals surface area contributed by atoms with Gasteiger partial charge in [-0.1, -0.05) is 153 Å². The second-order valence-corrected chi connectivity index (χ2v) is 43.0. The van der Waals surface area contributed by atoms with Crippen LogP contribution in [-0.2, 0) is 114 Å². The molecule has 5 aliphatic rings. The molecule has 41 nitrogen and oxygen atoms in total. The van der Waals surface area contributed by atoms with E-state index in [0.29, 0.717) is 43.4 Å². The van der Waals surface area contributed by atoms with Crippen molar-refractivity contribution >= 4 is 72.0 Å². The molecule has 5 heterocycles. The molecule has 3 amide bonds. The fraction of sp³-hybridized carbons (Fsp3) is 0.827. The van der Waals surface area contributed by atoms with Gasteiger partial charge in [0, 0.05) is 53.2 Å². The molecule has 0 bridgehead atoms. The molecule has 17 N–H and O–H groups in total. The number of carbonyl (C=O) groups excluding carboxylic acids is 7. The summed E-state index contributed by atoms with van der Waals surface area (Å²) in [4.78, 5) is 114. The van der Waals surface area contributed by atoms with Gasteiger partial charge in [0.15, 0.2) is 37.2 Å². The zero-order chi connectivity index (χ0) is 110. The number of thioether (sulfide) groups is 1. The fourth-order valence-electron chi connectivity index (χ4n) is 22.2. The van der Waals surface area contributed by atoms with Crippen LogP contribution in [0.15, 0.2) is 58.9 Å². The summed E-state index contributed by atoms with van der Waals surface area (Å²) in [5.74, 6) is -8.89. The number of aliphatic hydroxyl groups is 13. The number of carbonyl (C=O) groups is 8. The van der Waals surface area contributed by atoms with Crippen LogP contribution >= 0.6 is 24.4 Å². The molecular weight excluding hydrogens is 1960 g/mol. The highest BCUT2D eigenvalue weighted by Crippen LogP contribution is 2.59. The van der Waals surface area contributed by atoms with E-state index < -0.39 is 322 Å². The Kier molecular flexibility index (Phi) is 53.2. The van der Waals surface area contributed by atoms with Crippen molar-refractivity contribution in [2.45, 2.75) is 483 Å². The highest BCUT2D eigenvalue weighted by molar-refractivity contribution is 7.99. The maximum Gasteiger partial charge on any atom is 0.338 e. The Morgan fingerprint density at radius 2 is 0.980 bits per heavy atom. The van der Waals surface area contributed by atoms with Crippen molar-refractivity contribution in [1.82, 2.24) is 16.0 Å². The third-order valence-electron chi connectivity index (χ3n) is 29.1. The van der Waals surface area contributed by atoms with Crippen LogP contribution in [0.5, 0.6) is 0 Å². The normalized spacial score (nSPS) is 30.6. The van der Waals surface area contributed by atoms with Crippen molar-refractivity contribution in [2.75, 3.05) is 52.0 Å². The van der Waals surface area contributed by atoms with Gasteiger partial charge in [0.25, 0.3) is 0 Å². The number of carboxylic acid groups (broad SMARTS) is 1. The van der Waals surface area contributed by atoms with Crippen LogP contribution in [-0.4, -0.2) is 377 Å². The molecule has 147 heavy (non-hydrogen) atoms. The number of aliphatic hydroxyl groups excluding tert-OH is 13. The number of esters is 4. The maximum absolute atomic E-state index is 15.9. The number of hydrogen-bond donors (Lipinski definition) is 18. The average Bonchev–Trinajstić information content (AvgIpc) is 0.713. The number of benzene rings is 1. The second kappa shape index (κ2) is 60.3. The standard InChI is InChI=1S/C104H175N3O38S2/c1-23-33-45-101(32-10,104(44-29-7,57(13)14)145-83-73(107-62(19)113)98(136-68(51-110)75(83)119)141-85-76(120)79(123)90(100(22,31-9)48-56(11)12)138-88(85)94(128)132-55-64(115)53-131-70(117)39-47-147-66-37-35-65(146)36-38-66)91-80(124)78(122)86(89(139-91)95(129)133-54-63(114)52-130-69(116)30-8)142-97-72(106-61(18)112)82(74(118)67(50-109)135-97)144-103(42-27-5,43-28-6)102(41-26-4,46-34-24-2)92-81(125)77(121)84(87(137-92)93(126)127)140-96(134-58(15)49-108)71(105-60(17)111)59(16)143-99(20,21)40-25-3/h30,35-38,57-59,63-64,67-68,71-92,96-98,108-110,114-115,118-125,146H,8,11,23-29,31-34,39-55H2,1-7,9-10,12-22H3,(H,105,111)(H,106,112)(H,107,113)(H,126,127)/t58?,59-,63?,64?,67?,68?,71?,72?,73?,74-,75-,76?,77?,78?,79?,80?,81?,82?,83?,84-,85-,86-,87?,88?,89?,90-,91-,92-,96+,97+,98+,100?,101?,102?,104?/m1/s1. The molecule has 846 valence electrons. The minimum absolute atomic E-state index is 0.0130. The number of rotatable bonds is 64. The summed E-state index contributed by atoms with van der Waals surface area (Å²) in [6, 6.07) is 2.31. The van der Waals surface area contributed by atoms with Gasteiger partial charge in [-0.05, 0) is 134 Å². The summed E-state index contributed by atoms with van der Waals surface area (Å²) in [7, 11) is 0. The lowest BCUT2D eigenvalue weighted by molar-refractivity contribution is -0.362. The highest BCUT2D eigenvalue weighted by Gasteiger charge is 2.69. The number of nitrogens with one attached hydrogen (secondary N) is 3. The summed E-state index contributed by atoms with van der Waals surface area (Å²) >= 11 is 5.70. The number of allylic oxidation sites excluding steroid dienone is 1. The maximum atomic E-state index is 15.9. The Labute approximate surface area is 875 Å². The molecule has 0 aromatic heterocycles. The molecule has 0 aliphatic carbocycles. The van der Waals surface area contributed by atoms with Crippen LogP contribution in [0.25, 0.3) is 0 Å². The first kappa shape index (κ1) is 130. The third-order valence-corrected chi connectivity index (χ3v) is 30.4. The Morgan fingerprint density at radius 3 is 1.41 bits per heavy atom. The first-order valence-electron chi connectivity index (χ1n) is 52.3. The number of amides is 3. The van der Waals surface area contributed by atoms with Crippen LogP contribution in [0.4, 0.5) is 0 Å². The molecule has 5 aliphatic heterocycles. The van der Waals surface area contributed by atoms with E-state index in [1.54, 1.807) is 67.5 Å². The number of aliphatic carboxylic acids is 1. The van der Waals surface area contributed by atoms with Crippen LogP contribution < -0.4 is 16.0 Å². The molecule has 0 saturated carbocycles. The highest BCUT2D eigenvalue weighted by atomic mass is 32.2. The number of hydrogen-bond acceptors (Lipinski definition) is 39. The van der Waals surface area contributed by atoms with Crippen molar-refractivity contribution < 1.29 is 186 Å². The van der Waals surface area contributed by atoms with E-state index in [-0.39, 0.29) is 96.3 Å². The molecule has 1 aromatic rings. The van der Waals surface area contributed by atoms with Gasteiger partial charge in [0.1, 0.15) is 148 Å². The van der Waals surface area contributed by atoms with Crippen LogP contribution in [0.1, 0.15) is 267 Å². The van der Waals surface area contributed by atoms with Gasteiger partial charge in [0.2, 0.25) is 17.7 Å². The Hall–Kier alpha value is -5.84. The topological polar surface area (TPSA) is 604 Å². The smallest absolute Gasteiger partial charge is 0.338 e. The number of unbranched alkanes of at least 4 members (excludes halogenated alkanes) is 2. The molecule has 1 aromatic carbocycles. The van der Waals surface area contributed by atoms with Crippen molar-refractivity contribution in [3.63, 3.8) is 0 Å². The largest absolute Gasteiger partial charge is 0.479 e. The average molecular weight is 2140 g/mol. The van der Waals surface area contributed by atoms with E-state index in [4.69, 9.17) is 75.8 Å². The van der Waals surface area contributed by atoms with Crippen molar-refractivity contribution in [1.29, 1.82) is 0 Å². The van der Waals surface area contributed by atoms with Crippen molar-refractivity contribution in [3.8, 4) is 0 Å². The molecule has 43 heteroatoms. The summed E-state index contributed by atoms with van der Waals surface area (Å²) in [5, 5.41) is 181. The van der Waals surface area contributed by atoms with E-state index in [2.05, 4.69) is 41.7 Å². The first-order valence-corrected chi connectivity index (χ1v) is 53.7. The van der Waals surface area contributed by atoms with E-state index in [1.165, 1.54) is 25.6 Å². The van der Waals surface area contributed by atoms with Crippen LogP contribution in [0.2, 0.25) is 0 Å². The number of ether oxygens (including phenoxy) is 16. The van der Waals surface area contributed by atoms with Gasteiger partial charge in [-0.3, -0.25) is 19.2 Å². The van der Waals surface area contributed by atoms with Crippen LogP contribution in [0.3, 0.4) is 0 Å². The Bertz CT molecular complexity index is 4220. The fourth-order valence-corrected chi connectivity index (χ4v) is 23.2. The van der Waals surface area contributed by atoms with Crippen molar-refractivity contribution in [2.24, 2.45) is 22.2 Å². The van der Waals surface area contributed by atoms with Gasteiger partial charge in [-0.15, -0.1) is 31.0 Å². The summed E-state index contributed by atoms with van der Waals surface area (Å²) in [6.45, 7) is 35.1. The molecule has 23 unspecified atom stereocenters. The molecular formula is C104H175N3O38S2. The quantitative estimate of drug-likeness (QED) is 0.00689. The minimum atomic E-state index is -2.42. The molecule has 0 radical (unpaired) electrons. The van der Waals surface area contributed by atoms with E-state index in [9.17, 15) is 105 Å². The minimum Gasteiger partial charge on any atom is -0.479 e. The first-order chi connectivity index (χ1) is 69.3. The van der Waals surface area contributed by atoms with E-state index in [1.807, 2.05) is 67.5 Å². The van der Waals surface area contributed by atoms with E-state index >= 15 is 4.79 Å². The molecule has 0 spiro atoms.